The van der Waals surface area contributed by atoms with Gasteiger partial charge < -0.3 is 4.74 Å². The van der Waals surface area contributed by atoms with E-state index in [1.165, 1.54) is 17.4 Å². The highest BCUT2D eigenvalue weighted by Crippen LogP contribution is 2.17. The summed E-state index contributed by atoms with van der Waals surface area (Å²) in [6.07, 6.45) is 8.19. The van der Waals surface area contributed by atoms with Crippen molar-refractivity contribution in [3.05, 3.63) is 35.1 Å². The van der Waals surface area contributed by atoms with E-state index in [2.05, 4.69) is 14.9 Å². The van der Waals surface area contributed by atoms with Crippen molar-refractivity contribution in [2.24, 2.45) is 0 Å². The molecule has 6 nitrogen and oxygen atoms in total. The Labute approximate surface area is 125 Å². The van der Waals surface area contributed by atoms with Gasteiger partial charge in [-0.2, -0.15) is 5.10 Å². The molecule has 0 unspecified atom stereocenters. The molecular formula is C12H13ClN4O2S. The Balaban J connectivity index is 2.06. The second kappa shape index (κ2) is 7.18. The third-order valence-electron chi connectivity index (χ3n) is 2.28. The van der Waals surface area contributed by atoms with Crippen LogP contribution >= 0.6 is 23.1 Å². The van der Waals surface area contributed by atoms with Gasteiger partial charge in [-0.25, -0.2) is 19.3 Å². The molecule has 0 aromatic carbocycles. The van der Waals surface area contributed by atoms with E-state index in [0.29, 0.717) is 13.2 Å². The van der Waals surface area contributed by atoms with Crippen LogP contribution in [0.5, 0.6) is 0 Å². The molecule has 2 aromatic heterocycles. The van der Waals surface area contributed by atoms with Crippen LogP contribution in [0.1, 0.15) is 17.4 Å². The smallest absolute Gasteiger partial charge is 0.330 e. The maximum Gasteiger partial charge on any atom is 0.330 e. The summed E-state index contributed by atoms with van der Waals surface area (Å²) in [4.78, 5) is 19.0. The zero-order valence-corrected chi connectivity index (χ0v) is 12.3. The summed E-state index contributed by atoms with van der Waals surface area (Å²) in [5.41, 5.74) is 0.797. The summed E-state index contributed by atoms with van der Waals surface area (Å²) in [7, 11) is 0. The Morgan fingerprint density at radius 3 is 3.20 bits per heavy atom. The van der Waals surface area contributed by atoms with Gasteiger partial charge in [0.25, 0.3) is 0 Å². The van der Waals surface area contributed by atoms with Crippen LogP contribution in [0.3, 0.4) is 0 Å². The zero-order valence-electron chi connectivity index (χ0n) is 10.7. The molecule has 0 spiro atoms. The minimum Gasteiger partial charge on any atom is -0.463 e. The number of ether oxygens (including phenoxy) is 1. The first-order chi connectivity index (χ1) is 9.72. The van der Waals surface area contributed by atoms with Crippen molar-refractivity contribution in [2.75, 3.05) is 6.61 Å². The van der Waals surface area contributed by atoms with Crippen LogP contribution in [0.25, 0.3) is 11.2 Å². The Morgan fingerprint density at radius 2 is 2.45 bits per heavy atom. The second-order valence-corrected chi connectivity index (χ2v) is 5.08. The molecule has 2 heterocycles. The van der Waals surface area contributed by atoms with Crippen molar-refractivity contribution in [1.29, 1.82) is 0 Å². The average Bonchev–Trinajstić information content (AvgIpc) is 3.05. The SMILES string of the molecule is CCOC(=O)/C=C/c1cnn(-c2ncc(CNCl)s2)c1. The van der Waals surface area contributed by atoms with E-state index in [1.807, 2.05) is 0 Å². The van der Waals surface area contributed by atoms with Crippen LogP contribution in [-0.2, 0) is 16.1 Å². The first-order valence-corrected chi connectivity index (χ1v) is 7.10. The number of thiazole rings is 1. The van der Waals surface area contributed by atoms with Crippen molar-refractivity contribution in [2.45, 2.75) is 13.5 Å². The molecule has 0 fully saturated rings. The fourth-order valence-electron chi connectivity index (χ4n) is 1.43. The summed E-state index contributed by atoms with van der Waals surface area (Å²) >= 11 is 6.93. The lowest BCUT2D eigenvalue weighted by Crippen LogP contribution is -1.98. The van der Waals surface area contributed by atoms with Crippen molar-refractivity contribution < 1.29 is 9.53 Å². The van der Waals surface area contributed by atoms with Crippen LogP contribution in [0.15, 0.2) is 24.7 Å². The van der Waals surface area contributed by atoms with Gasteiger partial charge in [0.15, 0.2) is 0 Å². The van der Waals surface area contributed by atoms with E-state index in [1.54, 1.807) is 36.3 Å². The summed E-state index contributed by atoms with van der Waals surface area (Å²) in [6.45, 7) is 2.68. The van der Waals surface area contributed by atoms with Gasteiger partial charge in [-0.3, -0.25) is 0 Å². The van der Waals surface area contributed by atoms with E-state index in [0.717, 1.165) is 15.6 Å². The van der Waals surface area contributed by atoms with Crippen LogP contribution < -0.4 is 4.84 Å². The summed E-state index contributed by atoms with van der Waals surface area (Å²) in [5, 5.41) is 4.93. The number of nitrogens with one attached hydrogen (secondary N) is 1. The molecule has 2 rings (SSSR count). The van der Waals surface area contributed by atoms with E-state index in [9.17, 15) is 4.79 Å². The third kappa shape index (κ3) is 3.89. The highest BCUT2D eigenvalue weighted by atomic mass is 35.5. The highest BCUT2D eigenvalue weighted by molar-refractivity contribution is 7.14. The molecule has 0 aliphatic carbocycles. The Morgan fingerprint density at radius 1 is 1.60 bits per heavy atom. The Bertz CT molecular complexity index is 608. The van der Waals surface area contributed by atoms with Crippen molar-refractivity contribution >= 4 is 35.2 Å². The molecule has 20 heavy (non-hydrogen) atoms. The minimum atomic E-state index is -0.370. The lowest BCUT2D eigenvalue weighted by Gasteiger charge is -1.93. The number of hydrogen-bond donors (Lipinski definition) is 1. The van der Waals surface area contributed by atoms with Crippen molar-refractivity contribution in [3.8, 4) is 5.13 Å². The summed E-state index contributed by atoms with van der Waals surface area (Å²) in [5.74, 6) is -0.370. The molecule has 0 saturated carbocycles. The monoisotopic (exact) mass is 312 g/mol. The van der Waals surface area contributed by atoms with Crippen LogP contribution in [-0.4, -0.2) is 27.3 Å². The standard InChI is InChI=1S/C12H13ClN4O2S/c1-2-19-11(18)4-3-9-5-16-17(8-9)12-14-6-10(20-12)7-15-13/h3-6,8,15H,2,7H2,1H3/b4-3+. The van der Waals surface area contributed by atoms with Crippen LogP contribution in [0.2, 0.25) is 0 Å². The lowest BCUT2D eigenvalue weighted by molar-refractivity contribution is -0.137. The molecule has 106 valence electrons. The molecule has 0 saturated heterocycles. The minimum absolute atomic E-state index is 0.360. The van der Waals surface area contributed by atoms with Gasteiger partial charge in [-0.15, -0.1) is 0 Å². The average molecular weight is 313 g/mol. The van der Waals surface area contributed by atoms with Crippen LogP contribution in [0.4, 0.5) is 0 Å². The van der Waals surface area contributed by atoms with Gasteiger partial charge in [0, 0.05) is 35.5 Å². The molecule has 2 aromatic rings. The van der Waals surface area contributed by atoms with E-state index in [-0.39, 0.29) is 5.97 Å². The quantitative estimate of drug-likeness (QED) is 0.503. The molecule has 0 aliphatic heterocycles. The van der Waals surface area contributed by atoms with Gasteiger partial charge in [0.2, 0.25) is 5.13 Å². The van der Waals surface area contributed by atoms with Gasteiger partial charge >= 0.3 is 5.97 Å². The molecule has 0 aliphatic rings. The number of carbonyl (C=O) groups excluding carboxylic acids is 1. The van der Waals surface area contributed by atoms with E-state index in [4.69, 9.17) is 16.5 Å². The van der Waals surface area contributed by atoms with Crippen LogP contribution in [0, 0.1) is 0 Å². The molecule has 0 atom stereocenters. The molecule has 8 heteroatoms. The second-order valence-electron chi connectivity index (χ2n) is 3.72. The highest BCUT2D eigenvalue weighted by Gasteiger charge is 2.05. The lowest BCUT2D eigenvalue weighted by atomic mass is 10.3. The molecule has 0 amide bonds. The largest absolute Gasteiger partial charge is 0.463 e. The maximum atomic E-state index is 11.2. The predicted molar refractivity (Wildman–Crippen MR) is 77.6 cm³/mol. The number of esters is 1. The van der Waals surface area contributed by atoms with Gasteiger partial charge in [0.05, 0.1) is 12.8 Å². The summed E-state index contributed by atoms with van der Waals surface area (Å²) < 4.78 is 6.45. The third-order valence-corrected chi connectivity index (χ3v) is 3.40. The van der Waals surface area contributed by atoms with Crippen molar-refractivity contribution in [1.82, 2.24) is 19.6 Å². The molecular weight excluding hydrogens is 300 g/mol. The number of rotatable bonds is 6. The maximum absolute atomic E-state index is 11.2. The fraction of sp³-hybridized carbons (Fsp3) is 0.250. The predicted octanol–water partition coefficient (Wildman–Crippen LogP) is 2.15. The topological polar surface area (TPSA) is 69.0 Å². The molecule has 0 bridgehead atoms. The number of carbonyl (C=O) groups is 1. The van der Waals surface area contributed by atoms with Gasteiger partial charge in [0.1, 0.15) is 0 Å². The summed E-state index contributed by atoms with van der Waals surface area (Å²) in [6, 6.07) is 0. The number of aromatic nitrogens is 3. The number of halogens is 1. The molecule has 0 radical (unpaired) electrons. The fourth-order valence-corrected chi connectivity index (χ4v) is 2.44. The van der Waals surface area contributed by atoms with E-state index >= 15 is 0 Å². The van der Waals surface area contributed by atoms with Gasteiger partial charge in [-0.1, -0.05) is 11.3 Å². The van der Waals surface area contributed by atoms with Crippen molar-refractivity contribution in [3.63, 3.8) is 0 Å². The zero-order chi connectivity index (χ0) is 14.4. The first kappa shape index (κ1) is 14.7. The van der Waals surface area contributed by atoms with Gasteiger partial charge in [-0.05, 0) is 24.8 Å². The Kier molecular flexibility index (Phi) is 5.28. The normalized spacial score (nSPS) is 11.1. The first-order valence-electron chi connectivity index (χ1n) is 5.91. The number of hydrogen-bond acceptors (Lipinski definition) is 6. The molecule has 1 N–H and O–H groups in total. The van der Waals surface area contributed by atoms with E-state index < -0.39 is 0 Å². The number of nitrogens with zero attached hydrogens (tertiary/aromatic N) is 3. The Hall–Kier alpha value is -1.70.